The molecule has 0 aromatic heterocycles. The second-order valence-corrected chi connectivity index (χ2v) is 3.80. The van der Waals surface area contributed by atoms with Crippen molar-refractivity contribution in [2.75, 3.05) is 19.5 Å². The van der Waals surface area contributed by atoms with Crippen LogP contribution in [0.3, 0.4) is 0 Å². The van der Waals surface area contributed by atoms with E-state index in [2.05, 4.69) is 0 Å². The second kappa shape index (κ2) is 6.22. The van der Waals surface area contributed by atoms with E-state index in [-0.39, 0.29) is 63.8 Å². The number of piperidine rings is 1. The Morgan fingerprint density at radius 1 is 1.43 bits per heavy atom. The van der Waals surface area contributed by atoms with Crippen LogP contribution in [0.1, 0.15) is 13.3 Å². The number of aliphatic hydroxyl groups excluding tert-OH is 1. The van der Waals surface area contributed by atoms with E-state index in [4.69, 9.17) is 0 Å². The molecule has 0 bridgehead atoms. The summed E-state index contributed by atoms with van der Waals surface area (Å²) in [6, 6.07) is 0. The van der Waals surface area contributed by atoms with Gasteiger partial charge in [-0.1, -0.05) is 6.92 Å². The summed E-state index contributed by atoms with van der Waals surface area (Å²) in [7, 11) is 0. The number of nitrogens with zero attached hydrogens (tertiary/aromatic N) is 1. The molecule has 0 amide bonds. The molecular weight excluding hydrogens is 221 g/mol. The van der Waals surface area contributed by atoms with Gasteiger partial charge in [-0.15, -0.1) is 0 Å². The Hall–Kier alpha value is 1.41. The van der Waals surface area contributed by atoms with E-state index in [0.717, 1.165) is 0 Å². The number of hydrogen-bond donors (Lipinski definition) is 1. The van der Waals surface area contributed by atoms with E-state index in [9.17, 15) is 18.1 Å². The van der Waals surface area contributed by atoms with Gasteiger partial charge in [0.2, 0.25) is 0 Å². The molecule has 0 radical (unpaired) electrons. The van der Waals surface area contributed by atoms with E-state index >= 15 is 0 Å². The van der Waals surface area contributed by atoms with Crippen LogP contribution in [0.2, 0.25) is 0 Å². The number of rotatable bonds is 2. The first-order chi connectivity index (χ1) is 5.88. The van der Waals surface area contributed by atoms with Gasteiger partial charge in [0.15, 0.2) is 0 Å². The monoisotopic (exact) mass is 235 g/mol. The zero-order chi connectivity index (χ0) is 10.1. The molecule has 1 fully saturated rings. The van der Waals surface area contributed by atoms with Crippen LogP contribution in [0.4, 0.5) is 12.9 Å². The molecule has 1 rings (SSSR count). The maximum atomic E-state index is 12.0. The molecule has 1 aliphatic heterocycles. The summed E-state index contributed by atoms with van der Waals surface area (Å²) >= 11 is 0. The Kier molecular flexibility index (Phi) is 6.85. The number of halogens is 3. The number of aliphatic hydroxyl groups is 1. The third kappa shape index (κ3) is 5.48. The average Bonchev–Trinajstić information content (AvgIpc) is 1.94. The van der Waals surface area contributed by atoms with Crippen LogP contribution in [0.5, 0.6) is 0 Å². The maximum absolute atomic E-state index is 12.0. The molecular formula is C7H14BF3KNO. The van der Waals surface area contributed by atoms with Gasteiger partial charge in [0.25, 0.3) is 0 Å². The molecule has 7 heteroatoms. The van der Waals surface area contributed by atoms with Crippen molar-refractivity contribution >= 4 is 6.98 Å². The normalized spacial score (nSPS) is 29.8. The van der Waals surface area contributed by atoms with E-state index in [1.807, 2.05) is 6.92 Å². The maximum Gasteiger partial charge on any atom is 1.00 e. The standard InChI is InChI=1S/C7H14BF3NO.K/c1-6-2-3-12(4-7(6)13)5-8(9,10)11;/h6-7,13H,2-5H2,1H3;/q-1;+1. The molecule has 2 nitrogen and oxygen atoms in total. The summed E-state index contributed by atoms with van der Waals surface area (Å²) in [4.78, 5) is 1.28. The van der Waals surface area contributed by atoms with Gasteiger partial charge >= 0.3 is 58.4 Å². The van der Waals surface area contributed by atoms with Gasteiger partial charge in [-0.05, 0) is 25.3 Å². The first kappa shape index (κ1) is 15.4. The molecule has 1 N–H and O–H groups in total. The minimum atomic E-state index is -4.75. The van der Waals surface area contributed by atoms with Gasteiger partial charge in [0.1, 0.15) is 0 Å². The van der Waals surface area contributed by atoms with Crippen molar-refractivity contribution in [3.8, 4) is 0 Å². The predicted octanol–water partition coefficient (Wildman–Crippen LogP) is -1.92. The number of hydrogen-bond acceptors (Lipinski definition) is 2. The third-order valence-corrected chi connectivity index (χ3v) is 2.47. The summed E-state index contributed by atoms with van der Waals surface area (Å²) < 4.78 is 36.0. The quantitative estimate of drug-likeness (QED) is 0.564. The Morgan fingerprint density at radius 3 is 2.43 bits per heavy atom. The largest absolute Gasteiger partial charge is 1.00 e. The van der Waals surface area contributed by atoms with Gasteiger partial charge in [0.05, 0.1) is 6.10 Å². The minimum absolute atomic E-state index is 0. The molecule has 1 heterocycles. The zero-order valence-electron chi connectivity index (χ0n) is 8.59. The third-order valence-electron chi connectivity index (χ3n) is 2.47. The Balaban J connectivity index is 0.00000169. The summed E-state index contributed by atoms with van der Waals surface area (Å²) in [6.07, 6.45) is -0.802. The van der Waals surface area contributed by atoms with Crippen molar-refractivity contribution in [3.63, 3.8) is 0 Å². The van der Waals surface area contributed by atoms with E-state index in [1.165, 1.54) is 4.90 Å². The Labute approximate surface area is 125 Å². The smallest absolute Gasteiger partial charge is 0.448 e. The molecule has 14 heavy (non-hydrogen) atoms. The van der Waals surface area contributed by atoms with Gasteiger partial charge in [-0.25, -0.2) is 0 Å². The van der Waals surface area contributed by atoms with Crippen LogP contribution >= 0.6 is 0 Å². The van der Waals surface area contributed by atoms with Crippen molar-refractivity contribution in [3.05, 3.63) is 0 Å². The van der Waals surface area contributed by atoms with E-state index < -0.39 is 19.5 Å². The molecule has 0 aromatic carbocycles. The van der Waals surface area contributed by atoms with Gasteiger partial charge in [0, 0.05) is 6.54 Å². The van der Waals surface area contributed by atoms with Crippen molar-refractivity contribution in [2.24, 2.45) is 5.92 Å². The summed E-state index contributed by atoms with van der Waals surface area (Å²) in [6.45, 7) is -2.29. The SMILES string of the molecule is CC1CCN(C[B-](F)(F)F)CC1O.[K+]. The fourth-order valence-corrected chi connectivity index (χ4v) is 1.57. The minimum Gasteiger partial charge on any atom is -0.448 e. The molecule has 2 atom stereocenters. The summed E-state index contributed by atoms with van der Waals surface area (Å²) in [5.74, 6) is 0.122. The Bertz CT molecular complexity index is 181. The van der Waals surface area contributed by atoms with Crippen molar-refractivity contribution in [2.45, 2.75) is 19.4 Å². The molecule has 0 aliphatic carbocycles. The fraction of sp³-hybridized carbons (Fsp3) is 1.00. The van der Waals surface area contributed by atoms with Crippen LogP contribution < -0.4 is 51.4 Å². The number of β-amino-alcohol motifs (C(OH)–C–C–N with tert-alkyl or cyclic N) is 1. The van der Waals surface area contributed by atoms with E-state index in [1.54, 1.807) is 0 Å². The Morgan fingerprint density at radius 2 is 2.00 bits per heavy atom. The van der Waals surface area contributed by atoms with Crippen LogP contribution in [0, 0.1) is 5.92 Å². The van der Waals surface area contributed by atoms with E-state index in [0.29, 0.717) is 13.0 Å². The first-order valence-corrected chi connectivity index (χ1v) is 4.50. The predicted molar refractivity (Wildman–Crippen MR) is 45.3 cm³/mol. The molecule has 0 saturated carbocycles. The van der Waals surface area contributed by atoms with Crippen LogP contribution in [-0.4, -0.2) is 42.6 Å². The average molecular weight is 235 g/mol. The summed E-state index contributed by atoms with van der Waals surface area (Å²) in [5, 5.41) is 9.34. The zero-order valence-corrected chi connectivity index (χ0v) is 11.7. The molecule has 1 aliphatic rings. The first-order valence-electron chi connectivity index (χ1n) is 4.50. The van der Waals surface area contributed by atoms with Crippen molar-refractivity contribution in [1.29, 1.82) is 0 Å². The van der Waals surface area contributed by atoms with Crippen LogP contribution in [0.25, 0.3) is 0 Å². The van der Waals surface area contributed by atoms with Crippen LogP contribution in [0.15, 0.2) is 0 Å². The molecule has 2 unspecified atom stereocenters. The fourth-order valence-electron chi connectivity index (χ4n) is 1.57. The van der Waals surface area contributed by atoms with Gasteiger partial charge in [-0.3, -0.25) is 0 Å². The topological polar surface area (TPSA) is 23.5 Å². The molecule has 1 saturated heterocycles. The van der Waals surface area contributed by atoms with Gasteiger partial charge in [-0.2, -0.15) is 0 Å². The number of likely N-dealkylation sites (tertiary alicyclic amines) is 1. The second-order valence-electron chi connectivity index (χ2n) is 3.80. The molecule has 0 aromatic rings. The molecule has 78 valence electrons. The molecule has 0 spiro atoms. The van der Waals surface area contributed by atoms with Crippen molar-refractivity contribution < 1.29 is 69.4 Å². The van der Waals surface area contributed by atoms with Crippen molar-refractivity contribution in [1.82, 2.24) is 4.90 Å². The van der Waals surface area contributed by atoms with Crippen LogP contribution in [-0.2, 0) is 0 Å². The summed E-state index contributed by atoms with van der Waals surface area (Å²) in [5.41, 5.74) is 0. The van der Waals surface area contributed by atoms with Gasteiger partial charge < -0.3 is 23.0 Å².